The minimum absolute atomic E-state index is 0.00269. The first-order valence-corrected chi connectivity index (χ1v) is 4.35. The number of aliphatic hydroxyl groups excluding tert-OH is 1. The second-order valence-electron chi connectivity index (χ2n) is 2.85. The van der Waals surface area contributed by atoms with E-state index in [2.05, 4.69) is 10.3 Å². The molecule has 82 valence electrons. The number of primary amides is 1. The molecule has 15 heavy (non-hydrogen) atoms. The molecule has 0 radical (unpaired) electrons. The van der Waals surface area contributed by atoms with Crippen molar-refractivity contribution in [3.05, 3.63) is 18.3 Å². The van der Waals surface area contributed by atoms with Crippen LogP contribution >= 0.6 is 0 Å². The van der Waals surface area contributed by atoms with Gasteiger partial charge in [0.25, 0.3) is 0 Å². The van der Waals surface area contributed by atoms with E-state index in [1.54, 1.807) is 18.3 Å². The van der Waals surface area contributed by atoms with Crippen LogP contribution in [0.2, 0.25) is 0 Å². The monoisotopic (exact) mass is 211 g/mol. The van der Waals surface area contributed by atoms with E-state index in [0.717, 1.165) is 0 Å². The third-order valence-corrected chi connectivity index (χ3v) is 1.78. The van der Waals surface area contributed by atoms with Crippen LogP contribution < -0.4 is 15.8 Å². The van der Waals surface area contributed by atoms with Crippen LogP contribution in [0.25, 0.3) is 0 Å². The van der Waals surface area contributed by atoms with Crippen molar-refractivity contribution in [2.45, 2.75) is 6.10 Å². The van der Waals surface area contributed by atoms with Gasteiger partial charge in [-0.3, -0.25) is 4.79 Å². The molecular formula is C9H13N3O3. The van der Waals surface area contributed by atoms with Gasteiger partial charge in [-0.1, -0.05) is 0 Å². The van der Waals surface area contributed by atoms with Crippen molar-refractivity contribution in [2.75, 3.05) is 19.0 Å². The van der Waals surface area contributed by atoms with E-state index in [9.17, 15) is 4.79 Å². The summed E-state index contributed by atoms with van der Waals surface area (Å²) in [6, 6.07) is 3.43. The molecule has 0 aliphatic heterocycles. The fraction of sp³-hybridized carbons (Fsp3) is 0.333. The molecule has 1 rings (SSSR count). The summed E-state index contributed by atoms with van der Waals surface area (Å²) in [5.41, 5.74) is 4.89. The zero-order chi connectivity index (χ0) is 11.3. The number of hydrogen-bond donors (Lipinski definition) is 3. The summed E-state index contributed by atoms with van der Waals surface area (Å²) >= 11 is 0. The van der Waals surface area contributed by atoms with Gasteiger partial charge in [0.1, 0.15) is 6.10 Å². The van der Waals surface area contributed by atoms with Crippen LogP contribution in [0.4, 0.5) is 5.82 Å². The number of carbonyl (C=O) groups is 1. The number of aromatic nitrogens is 1. The Labute approximate surface area is 87.1 Å². The van der Waals surface area contributed by atoms with Crippen molar-refractivity contribution in [3.8, 4) is 5.75 Å². The Hall–Kier alpha value is -1.82. The third kappa shape index (κ3) is 3.10. The molecule has 1 amide bonds. The quantitative estimate of drug-likeness (QED) is 0.601. The molecule has 4 N–H and O–H groups in total. The van der Waals surface area contributed by atoms with E-state index in [4.69, 9.17) is 15.6 Å². The first-order chi connectivity index (χ1) is 7.15. The molecule has 1 aromatic heterocycles. The van der Waals surface area contributed by atoms with Crippen molar-refractivity contribution in [1.82, 2.24) is 4.98 Å². The molecular weight excluding hydrogens is 198 g/mol. The average molecular weight is 211 g/mol. The fourth-order valence-electron chi connectivity index (χ4n) is 0.982. The molecule has 1 aromatic rings. The SMILES string of the molecule is COc1cccnc1NCC(O)C(N)=O. The number of nitrogens with one attached hydrogen (secondary N) is 1. The highest BCUT2D eigenvalue weighted by molar-refractivity contribution is 5.79. The fourth-order valence-corrected chi connectivity index (χ4v) is 0.982. The zero-order valence-electron chi connectivity index (χ0n) is 8.30. The topological polar surface area (TPSA) is 97.5 Å². The number of amides is 1. The van der Waals surface area contributed by atoms with E-state index < -0.39 is 12.0 Å². The second kappa shape index (κ2) is 5.16. The van der Waals surface area contributed by atoms with Gasteiger partial charge in [0.2, 0.25) is 5.91 Å². The van der Waals surface area contributed by atoms with Crippen molar-refractivity contribution < 1.29 is 14.6 Å². The maximum Gasteiger partial charge on any atom is 0.248 e. The van der Waals surface area contributed by atoms with Crippen LogP contribution in [0.3, 0.4) is 0 Å². The maximum atomic E-state index is 10.6. The molecule has 0 aliphatic rings. The highest BCUT2D eigenvalue weighted by Crippen LogP contribution is 2.19. The Balaban J connectivity index is 2.60. The summed E-state index contributed by atoms with van der Waals surface area (Å²) in [5, 5.41) is 11.9. The number of carbonyl (C=O) groups excluding carboxylic acids is 1. The second-order valence-corrected chi connectivity index (χ2v) is 2.85. The van der Waals surface area contributed by atoms with Crippen LogP contribution in [0.5, 0.6) is 5.75 Å². The molecule has 0 aliphatic carbocycles. The van der Waals surface area contributed by atoms with Gasteiger partial charge in [0, 0.05) is 6.20 Å². The summed E-state index contributed by atoms with van der Waals surface area (Å²) in [6.07, 6.45) is 0.332. The molecule has 1 heterocycles. The van der Waals surface area contributed by atoms with Crippen molar-refractivity contribution >= 4 is 11.7 Å². The average Bonchev–Trinajstić information content (AvgIpc) is 2.26. The Morgan fingerprint density at radius 3 is 3.13 bits per heavy atom. The number of nitrogens with zero attached hydrogens (tertiary/aromatic N) is 1. The number of methoxy groups -OCH3 is 1. The molecule has 1 atom stereocenters. The minimum Gasteiger partial charge on any atom is -0.493 e. The number of nitrogens with two attached hydrogens (primary N) is 1. The first kappa shape index (κ1) is 11.3. The summed E-state index contributed by atoms with van der Waals surface area (Å²) < 4.78 is 5.02. The van der Waals surface area contributed by atoms with E-state index in [0.29, 0.717) is 11.6 Å². The number of anilines is 1. The number of hydrogen-bond acceptors (Lipinski definition) is 5. The predicted octanol–water partition coefficient (Wildman–Crippen LogP) is -0.652. The number of rotatable bonds is 5. The Morgan fingerprint density at radius 2 is 2.53 bits per heavy atom. The Bertz CT molecular complexity index is 343. The lowest BCUT2D eigenvalue weighted by Gasteiger charge is -2.11. The van der Waals surface area contributed by atoms with Crippen molar-refractivity contribution in [2.24, 2.45) is 5.73 Å². The summed E-state index contributed by atoms with van der Waals surface area (Å²) in [7, 11) is 1.51. The lowest BCUT2D eigenvalue weighted by atomic mass is 10.3. The predicted molar refractivity (Wildman–Crippen MR) is 54.5 cm³/mol. The van der Waals surface area contributed by atoms with Crippen LogP contribution in [-0.2, 0) is 4.79 Å². The van der Waals surface area contributed by atoms with Gasteiger partial charge in [0.05, 0.1) is 13.7 Å². The largest absolute Gasteiger partial charge is 0.493 e. The van der Waals surface area contributed by atoms with E-state index in [1.165, 1.54) is 7.11 Å². The molecule has 0 aromatic carbocycles. The first-order valence-electron chi connectivity index (χ1n) is 4.35. The Morgan fingerprint density at radius 1 is 1.80 bits per heavy atom. The molecule has 0 bridgehead atoms. The smallest absolute Gasteiger partial charge is 0.248 e. The summed E-state index contributed by atoms with van der Waals surface area (Å²) in [4.78, 5) is 14.5. The van der Waals surface area contributed by atoms with E-state index in [1.807, 2.05) is 0 Å². The third-order valence-electron chi connectivity index (χ3n) is 1.78. The zero-order valence-corrected chi connectivity index (χ0v) is 8.30. The van der Waals surface area contributed by atoms with Gasteiger partial charge >= 0.3 is 0 Å². The van der Waals surface area contributed by atoms with Gasteiger partial charge in [-0.05, 0) is 12.1 Å². The molecule has 1 unspecified atom stereocenters. The molecule has 6 nitrogen and oxygen atoms in total. The van der Waals surface area contributed by atoms with Gasteiger partial charge < -0.3 is 20.9 Å². The van der Waals surface area contributed by atoms with E-state index >= 15 is 0 Å². The summed E-state index contributed by atoms with van der Waals surface area (Å²) in [5.74, 6) is 0.215. The molecule has 6 heteroatoms. The van der Waals surface area contributed by atoms with Crippen molar-refractivity contribution in [1.29, 1.82) is 0 Å². The number of pyridine rings is 1. The molecule has 0 saturated carbocycles. The van der Waals surface area contributed by atoms with E-state index in [-0.39, 0.29) is 6.54 Å². The normalized spacial score (nSPS) is 11.9. The van der Waals surface area contributed by atoms with Crippen molar-refractivity contribution in [3.63, 3.8) is 0 Å². The molecule has 0 fully saturated rings. The summed E-state index contributed by atoms with van der Waals surface area (Å²) in [6.45, 7) is 0.00269. The van der Waals surface area contributed by atoms with Gasteiger partial charge in [-0.2, -0.15) is 0 Å². The standard InChI is InChI=1S/C9H13N3O3/c1-15-7-3-2-4-11-9(7)12-5-6(13)8(10)14/h2-4,6,13H,5H2,1H3,(H2,10,14)(H,11,12). The van der Waals surface area contributed by atoms with Gasteiger partial charge in [-0.15, -0.1) is 0 Å². The number of aliphatic hydroxyl groups is 1. The highest BCUT2D eigenvalue weighted by atomic mass is 16.5. The Kier molecular flexibility index (Phi) is 3.87. The molecule has 0 spiro atoms. The lowest BCUT2D eigenvalue weighted by molar-refractivity contribution is -0.125. The van der Waals surface area contributed by atoms with Gasteiger partial charge in [-0.25, -0.2) is 4.98 Å². The van der Waals surface area contributed by atoms with Crippen LogP contribution in [0.15, 0.2) is 18.3 Å². The maximum absolute atomic E-state index is 10.6. The highest BCUT2D eigenvalue weighted by Gasteiger charge is 2.11. The minimum atomic E-state index is -1.24. The van der Waals surface area contributed by atoms with Crippen LogP contribution in [0.1, 0.15) is 0 Å². The van der Waals surface area contributed by atoms with Gasteiger partial charge in [0.15, 0.2) is 11.6 Å². The molecule has 0 saturated heterocycles. The van der Waals surface area contributed by atoms with Crippen LogP contribution in [-0.4, -0.2) is 35.8 Å². The van der Waals surface area contributed by atoms with Crippen LogP contribution in [0, 0.1) is 0 Å². The lowest BCUT2D eigenvalue weighted by Crippen LogP contribution is -2.34. The number of ether oxygens (including phenoxy) is 1.